The summed E-state index contributed by atoms with van der Waals surface area (Å²) >= 11 is 0. The number of aliphatic hydroxyl groups excluding tert-OH is 3. The van der Waals surface area contributed by atoms with Gasteiger partial charge in [-0.3, -0.25) is 63.5 Å². The second kappa shape index (κ2) is 47.0. The van der Waals surface area contributed by atoms with Crippen molar-refractivity contribution in [2.24, 2.45) is 17.4 Å². The quantitative estimate of drug-likeness (QED) is 0.0136. The minimum absolute atomic E-state index is 0.0545. The van der Waals surface area contributed by atoms with E-state index in [1.165, 1.54) is 0 Å². The highest BCUT2D eigenvalue weighted by Gasteiger charge is 2.42. The number of nitrogens with one attached hydrogen (secondary N) is 10. The van der Waals surface area contributed by atoms with Crippen molar-refractivity contribution in [1.29, 1.82) is 0 Å². The Morgan fingerprint density at radius 2 is 1.11 bits per heavy atom. The lowest BCUT2D eigenvalue weighted by Crippen LogP contribution is -2.62. The molecule has 0 spiro atoms. The average Bonchev–Trinajstić information content (AvgIpc) is 1.82. The number of carbonyl (C=O) groups excluding carboxylic acids is 10. The maximum Gasteiger partial charge on any atom is 0.308 e. The second-order valence-electron chi connectivity index (χ2n) is 37.3. The van der Waals surface area contributed by atoms with Crippen LogP contribution in [0.25, 0.3) is 11.1 Å². The van der Waals surface area contributed by atoms with Gasteiger partial charge in [0.1, 0.15) is 94.9 Å². The van der Waals surface area contributed by atoms with E-state index in [9.17, 15) is 24.9 Å². The standard InChI is InChI=1S/C92H135N13O18S2/c1-54(2)42-65(94)87(118)105-41-23-28-73(105)85(116)102-71-52-124-125-53-72(84(115)99-68(45-56-29-35-62(36-30-56)61-26-20-19-21-27-61)81(112)100-69(47-75(107)122-91(13,14)15)79(110)95-50-60-25-22-24-59(43-60)49-93)103-86(117)77(55(3)119-88(4,5)6)104-74(106)51-96-78(109)66(44-57-31-37-63(38-32-57)120-89(7,8)9)97-80(111)67(46-58-33-39-64(40-34-58)121-90(10,11)12)98-82(113)70(101-83(71)114)48-76(108)123-92(16,17)18/h19-22,24-27,29-40,43,54-55,65-74,77,79,87,95,104,106,110,118H,23,28,41-42,44-53,93-94H2,1-18H3,(H,96,109)(H,97,111)(H,98,113)(H,99,115)(H,100,112)(H,101,114)(H,102,116)(H,103,117)/t55-,65+,66+,67+,68+,69+,70+,71+,72+,73+,74-,77?,79-,87-/m1/s1. The number of nitrogens with two attached hydrogens (primary N) is 2. The molecule has 688 valence electrons. The molecular formula is C92H135N13O18S2. The van der Waals surface area contributed by atoms with Crippen molar-refractivity contribution in [2.45, 2.75) is 302 Å². The molecule has 7 rings (SSSR count). The first-order chi connectivity index (χ1) is 58.5. The molecule has 2 fully saturated rings. The smallest absolute Gasteiger partial charge is 0.308 e. The van der Waals surface area contributed by atoms with E-state index in [1.54, 1.807) is 147 Å². The van der Waals surface area contributed by atoms with E-state index in [0.29, 0.717) is 41.0 Å². The highest BCUT2D eigenvalue weighted by atomic mass is 33.1. The molecule has 0 aromatic heterocycles. The normalized spacial score (nSPS) is 21.4. The van der Waals surface area contributed by atoms with Gasteiger partial charge in [-0.1, -0.05) is 139 Å². The number of carbonyl (C=O) groups is 10. The van der Waals surface area contributed by atoms with Gasteiger partial charge in [0.2, 0.25) is 47.3 Å². The highest BCUT2D eigenvalue weighted by molar-refractivity contribution is 8.76. The zero-order valence-electron chi connectivity index (χ0n) is 75.6. The van der Waals surface area contributed by atoms with Crippen LogP contribution in [0.1, 0.15) is 185 Å². The number of β-amino-alcohol motifs (C(OH)–C–C–N with tert-alkyl or cyclic N) is 1. The molecule has 33 heteroatoms. The van der Waals surface area contributed by atoms with E-state index in [1.807, 2.05) is 110 Å². The molecule has 2 aliphatic heterocycles. The third kappa shape index (κ3) is 36.2. The fourth-order valence-corrected chi connectivity index (χ4v) is 16.5. The number of aliphatic hydroxyl groups is 3. The zero-order valence-corrected chi connectivity index (χ0v) is 77.2. The van der Waals surface area contributed by atoms with Crippen LogP contribution in [0, 0.1) is 5.92 Å². The molecule has 125 heavy (non-hydrogen) atoms. The molecule has 0 aliphatic carbocycles. The van der Waals surface area contributed by atoms with Gasteiger partial charge >= 0.3 is 11.9 Å². The number of nitrogens with zero attached hydrogens (tertiary/aromatic N) is 1. The van der Waals surface area contributed by atoms with Crippen LogP contribution < -0.4 is 74.1 Å². The van der Waals surface area contributed by atoms with Crippen molar-refractivity contribution in [3.8, 4) is 22.6 Å². The van der Waals surface area contributed by atoms with Crippen LogP contribution in [0.4, 0.5) is 0 Å². The van der Waals surface area contributed by atoms with Crippen LogP contribution in [-0.2, 0) is 94.5 Å². The first-order valence-corrected chi connectivity index (χ1v) is 45.2. The highest BCUT2D eigenvalue weighted by Crippen LogP contribution is 2.29. The number of likely N-dealkylation sites (tertiary alicyclic amines) is 1. The third-order valence-corrected chi connectivity index (χ3v) is 22.1. The monoisotopic (exact) mass is 1770 g/mol. The molecule has 0 radical (unpaired) electrons. The lowest BCUT2D eigenvalue weighted by atomic mass is 9.99. The van der Waals surface area contributed by atoms with Gasteiger partial charge in [-0.05, 0) is 199 Å². The SMILES string of the molecule is CC(C)C[C@H](N)[C@@H](O)N1CCC[C@H]1C(=O)N[C@H]1CSSC[C@@H](C(=O)N[C@@H](Cc2ccc(-c3ccccc3)cc2)C(=O)N[C@@H](CC(=O)OC(C)(C)C)[C@@H](O)NCc2cccc(CN)c2)NC(=O)C([C@@H](C)OC(C)(C)C)N[C@H](O)CNC(=O)[C@H](Cc2ccc(OC(C)(C)C)cc2)NC(=O)[C@H](Cc2ccc(OC(C)(C)C)cc2)NC(=O)[C@H](CC(=O)OC(C)(C)C)NC1=O. The van der Waals surface area contributed by atoms with Crippen LogP contribution in [0.15, 0.2) is 127 Å². The van der Waals surface area contributed by atoms with Gasteiger partial charge in [-0.25, -0.2) is 0 Å². The summed E-state index contributed by atoms with van der Waals surface area (Å²) in [6.07, 6.45) is -6.88. The lowest BCUT2D eigenvalue weighted by molar-refractivity contribution is -0.157. The van der Waals surface area contributed by atoms with Crippen LogP contribution in [-0.4, -0.2) is 217 Å². The number of hydrogen-bond donors (Lipinski definition) is 15. The van der Waals surface area contributed by atoms with Crippen LogP contribution in [0.5, 0.6) is 11.5 Å². The van der Waals surface area contributed by atoms with Crippen LogP contribution >= 0.6 is 21.6 Å². The summed E-state index contributed by atoms with van der Waals surface area (Å²) in [5.74, 6) is -8.87. The van der Waals surface area contributed by atoms with Gasteiger partial charge in [-0.2, -0.15) is 0 Å². The van der Waals surface area contributed by atoms with Crippen LogP contribution in [0.2, 0.25) is 0 Å². The maximum absolute atomic E-state index is 15.8. The summed E-state index contributed by atoms with van der Waals surface area (Å²) < 4.78 is 30.1. The van der Waals surface area contributed by atoms with E-state index >= 15 is 38.4 Å². The molecule has 31 nitrogen and oxygen atoms in total. The number of esters is 2. The van der Waals surface area contributed by atoms with E-state index in [0.717, 1.165) is 43.8 Å². The Labute approximate surface area is 743 Å². The summed E-state index contributed by atoms with van der Waals surface area (Å²) in [5, 5.41) is 64.2. The molecule has 2 aliphatic rings. The molecular weight excluding hydrogens is 1640 g/mol. The Hall–Kier alpha value is -9.26. The Morgan fingerprint density at radius 1 is 0.576 bits per heavy atom. The van der Waals surface area contributed by atoms with Crippen LogP contribution in [0.3, 0.4) is 0 Å². The number of hydrogen-bond acceptors (Lipinski definition) is 25. The van der Waals surface area contributed by atoms with Crippen molar-refractivity contribution >= 4 is 80.8 Å². The minimum Gasteiger partial charge on any atom is -0.488 e. The summed E-state index contributed by atoms with van der Waals surface area (Å²) in [7, 11) is 1.86. The topological polar surface area (TPSA) is 453 Å². The summed E-state index contributed by atoms with van der Waals surface area (Å²) in [6.45, 7) is 31.6. The summed E-state index contributed by atoms with van der Waals surface area (Å²) in [5.41, 5.74) is 13.0. The molecule has 2 heterocycles. The Balaban J connectivity index is 1.37. The molecule has 14 atom stereocenters. The number of ether oxygens (including phenoxy) is 5. The molecule has 0 saturated carbocycles. The number of amides is 8. The van der Waals surface area contributed by atoms with Gasteiger partial charge in [0.05, 0.1) is 43.2 Å². The first-order valence-electron chi connectivity index (χ1n) is 42.8. The summed E-state index contributed by atoms with van der Waals surface area (Å²) in [6, 6.07) is 22.8. The number of benzene rings is 5. The fourth-order valence-electron chi connectivity index (χ4n) is 14.1. The molecule has 0 bridgehead atoms. The van der Waals surface area contributed by atoms with E-state index in [4.69, 9.17) is 35.2 Å². The maximum atomic E-state index is 15.8. The Bertz CT molecular complexity index is 4360. The fraction of sp³-hybridized carbons (Fsp3) is 0.565. The third-order valence-electron chi connectivity index (χ3n) is 19.7. The molecule has 5 aromatic carbocycles. The molecule has 8 amide bonds. The van der Waals surface area contributed by atoms with E-state index < -0.39 is 198 Å². The van der Waals surface area contributed by atoms with Crippen molar-refractivity contribution in [3.05, 3.63) is 155 Å². The Morgan fingerprint density at radius 3 is 1.67 bits per heavy atom. The Kier molecular flexibility index (Phi) is 38.6. The van der Waals surface area contributed by atoms with Gasteiger partial charge < -0.3 is 93.0 Å². The first kappa shape index (κ1) is 103. The average molecular weight is 1780 g/mol. The van der Waals surface area contributed by atoms with E-state index in [-0.39, 0.29) is 57.0 Å². The molecule has 5 aromatic rings. The van der Waals surface area contributed by atoms with Crippen molar-refractivity contribution in [3.63, 3.8) is 0 Å². The van der Waals surface area contributed by atoms with Gasteiger partial charge in [-0.15, -0.1) is 0 Å². The van der Waals surface area contributed by atoms with Crippen molar-refractivity contribution in [2.75, 3.05) is 24.6 Å². The van der Waals surface area contributed by atoms with Crippen molar-refractivity contribution < 1.29 is 86.9 Å². The van der Waals surface area contributed by atoms with Gasteiger partial charge in [0.15, 0.2) is 0 Å². The van der Waals surface area contributed by atoms with E-state index in [2.05, 4.69) is 53.2 Å². The predicted octanol–water partition coefficient (Wildman–Crippen LogP) is 6.31. The minimum atomic E-state index is -1.87. The van der Waals surface area contributed by atoms with Gasteiger partial charge in [0, 0.05) is 56.4 Å². The second-order valence-corrected chi connectivity index (χ2v) is 39.9. The zero-order chi connectivity index (χ0) is 92.5. The lowest BCUT2D eigenvalue weighted by Gasteiger charge is -2.33. The predicted molar refractivity (Wildman–Crippen MR) is 483 cm³/mol. The molecule has 17 N–H and O–H groups in total. The number of rotatable bonds is 30. The van der Waals surface area contributed by atoms with Crippen molar-refractivity contribution in [1.82, 2.24) is 58.1 Å². The largest absolute Gasteiger partial charge is 0.488 e. The molecule has 1 unspecified atom stereocenters. The molecule has 2 saturated heterocycles. The summed E-state index contributed by atoms with van der Waals surface area (Å²) in [4.78, 5) is 153. The van der Waals surface area contributed by atoms with Gasteiger partial charge in [0.25, 0.3) is 0 Å².